The molecule has 7 heteroatoms. The van der Waals surface area contributed by atoms with E-state index in [-0.39, 0.29) is 11.7 Å². The van der Waals surface area contributed by atoms with Crippen LogP contribution in [0, 0.1) is 0 Å². The summed E-state index contributed by atoms with van der Waals surface area (Å²) in [4.78, 5) is 15.1. The minimum absolute atomic E-state index is 0.0717. The number of carbonyl (C=O) groups excluding carboxylic acids is 1. The van der Waals surface area contributed by atoms with Crippen LogP contribution in [0.1, 0.15) is 21.5 Å². The van der Waals surface area contributed by atoms with E-state index in [0.29, 0.717) is 11.1 Å². The highest BCUT2D eigenvalue weighted by Gasteiger charge is 2.15. The zero-order chi connectivity index (χ0) is 19.3. The van der Waals surface area contributed by atoms with Gasteiger partial charge in [-0.25, -0.2) is 8.42 Å². The van der Waals surface area contributed by atoms with Crippen LogP contribution >= 0.6 is 11.8 Å². The molecule has 0 saturated carbocycles. The number of carbonyl (C=O) groups is 1. The highest BCUT2D eigenvalue weighted by atomic mass is 32.2. The first-order valence-corrected chi connectivity index (χ1v) is 12.1. The molecule has 0 spiro atoms. The molecule has 0 aromatic heterocycles. The Hall–Kier alpha value is -1.83. The average Bonchev–Trinajstić information content (AvgIpc) is 2.63. The lowest BCUT2D eigenvalue weighted by Crippen LogP contribution is -2.32. The molecule has 1 N–H and O–H groups in total. The van der Waals surface area contributed by atoms with Crippen LogP contribution in [0.25, 0.3) is 0 Å². The Kier molecular flexibility index (Phi) is 6.57. The monoisotopic (exact) mass is 404 g/mol. The molecule has 3 rings (SSSR count). The number of thioether (sulfide) groups is 1. The van der Waals surface area contributed by atoms with Crippen LogP contribution in [0.5, 0.6) is 0 Å². The molecule has 2 aromatic carbocycles. The summed E-state index contributed by atoms with van der Waals surface area (Å²) in [5.74, 6) is 1.98. The predicted molar refractivity (Wildman–Crippen MR) is 112 cm³/mol. The van der Waals surface area contributed by atoms with E-state index >= 15 is 0 Å². The highest BCUT2D eigenvalue weighted by molar-refractivity contribution is 7.99. The summed E-state index contributed by atoms with van der Waals surface area (Å²) in [5, 5.41) is 2.99. The fraction of sp³-hybridized carbons (Fsp3) is 0.350. The number of para-hydroxylation sites is 1. The van der Waals surface area contributed by atoms with Crippen LogP contribution in [-0.2, 0) is 22.1 Å². The Balaban J connectivity index is 1.73. The number of nitrogens with one attached hydrogen (secondary N) is 1. The summed E-state index contributed by atoms with van der Waals surface area (Å²) in [6.07, 6.45) is 1.19. The average molecular weight is 405 g/mol. The van der Waals surface area contributed by atoms with E-state index < -0.39 is 9.84 Å². The van der Waals surface area contributed by atoms with Gasteiger partial charge in [0.05, 0.1) is 5.75 Å². The molecular formula is C20H24N2O3S2. The van der Waals surface area contributed by atoms with Gasteiger partial charge >= 0.3 is 0 Å². The summed E-state index contributed by atoms with van der Waals surface area (Å²) >= 11 is 1.97. The van der Waals surface area contributed by atoms with E-state index in [9.17, 15) is 13.2 Å². The molecule has 0 aliphatic carbocycles. The van der Waals surface area contributed by atoms with Gasteiger partial charge in [-0.2, -0.15) is 11.8 Å². The Morgan fingerprint density at radius 1 is 1.11 bits per heavy atom. The Labute approximate surface area is 165 Å². The van der Waals surface area contributed by atoms with Crippen LogP contribution in [0.15, 0.2) is 48.5 Å². The smallest absolute Gasteiger partial charge is 0.255 e. The number of rotatable bonds is 6. The van der Waals surface area contributed by atoms with Crippen molar-refractivity contribution < 1.29 is 13.2 Å². The summed E-state index contributed by atoms with van der Waals surface area (Å²) in [6.45, 7) is 2.92. The second-order valence-electron chi connectivity index (χ2n) is 6.77. The Morgan fingerprint density at radius 2 is 1.85 bits per heavy atom. The molecule has 1 amide bonds. The van der Waals surface area contributed by atoms with E-state index in [1.807, 2.05) is 36.0 Å². The second-order valence-corrected chi connectivity index (χ2v) is 10.1. The van der Waals surface area contributed by atoms with Gasteiger partial charge in [0.1, 0.15) is 0 Å². The number of amides is 1. The number of benzene rings is 2. The lowest BCUT2D eigenvalue weighted by molar-refractivity contribution is 0.102. The fourth-order valence-electron chi connectivity index (χ4n) is 3.08. The van der Waals surface area contributed by atoms with Gasteiger partial charge in [0, 0.05) is 48.6 Å². The maximum absolute atomic E-state index is 12.7. The van der Waals surface area contributed by atoms with E-state index in [2.05, 4.69) is 10.2 Å². The van der Waals surface area contributed by atoms with Crippen molar-refractivity contribution in [2.24, 2.45) is 0 Å². The number of hydrogen-bond acceptors (Lipinski definition) is 5. The van der Waals surface area contributed by atoms with Crippen molar-refractivity contribution in [2.75, 3.05) is 36.2 Å². The molecule has 2 aromatic rings. The van der Waals surface area contributed by atoms with Gasteiger partial charge < -0.3 is 5.32 Å². The third-order valence-electron chi connectivity index (χ3n) is 4.38. The second kappa shape index (κ2) is 8.91. The SMILES string of the molecule is CS(=O)(=O)Cc1cccc(C(=O)Nc2ccccc2CN2CCSCC2)c1. The first-order valence-electron chi connectivity index (χ1n) is 8.87. The van der Waals surface area contributed by atoms with Crippen molar-refractivity contribution in [3.63, 3.8) is 0 Å². The molecule has 0 bridgehead atoms. The number of sulfone groups is 1. The quantitative estimate of drug-likeness (QED) is 0.802. The summed E-state index contributed by atoms with van der Waals surface area (Å²) in [7, 11) is -3.14. The minimum Gasteiger partial charge on any atom is -0.322 e. The maximum Gasteiger partial charge on any atom is 0.255 e. The molecule has 1 fully saturated rings. The third kappa shape index (κ3) is 6.09. The van der Waals surface area contributed by atoms with E-state index in [1.165, 1.54) is 6.26 Å². The first kappa shape index (κ1) is 19.9. The van der Waals surface area contributed by atoms with Gasteiger partial charge in [-0.15, -0.1) is 0 Å². The van der Waals surface area contributed by atoms with Crippen molar-refractivity contribution in [3.8, 4) is 0 Å². The molecule has 1 aliphatic rings. The van der Waals surface area contributed by atoms with E-state index in [0.717, 1.165) is 42.4 Å². The summed E-state index contributed by atoms with van der Waals surface area (Å²) in [6, 6.07) is 14.6. The Morgan fingerprint density at radius 3 is 2.59 bits per heavy atom. The molecule has 144 valence electrons. The van der Waals surface area contributed by atoms with Crippen molar-refractivity contribution in [3.05, 3.63) is 65.2 Å². The van der Waals surface area contributed by atoms with E-state index in [1.54, 1.807) is 24.3 Å². The van der Waals surface area contributed by atoms with Crippen molar-refractivity contribution in [1.82, 2.24) is 4.90 Å². The highest BCUT2D eigenvalue weighted by Crippen LogP contribution is 2.21. The molecule has 0 radical (unpaired) electrons. The lowest BCUT2D eigenvalue weighted by Gasteiger charge is -2.27. The zero-order valence-corrected chi connectivity index (χ0v) is 17.0. The van der Waals surface area contributed by atoms with Crippen LogP contribution in [0.4, 0.5) is 5.69 Å². The molecule has 27 heavy (non-hydrogen) atoms. The lowest BCUT2D eigenvalue weighted by atomic mass is 10.1. The molecule has 5 nitrogen and oxygen atoms in total. The normalized spacial score (nSPS) is 15.4. The first-order chi connectivity index (χ1) is 12.9. The van der Waals surface area contributed by atoms with Crippen LogP contribution < -0.4 is 5.32 Å². The molecule has 0 unspecified atom stereocenters. The predicted octanol–water partition coefficient (Wildman–Crippen LogP) is 3.03. The van der Waals surface area contributed by atoms with Crippen molar-refractivity contribution in [1.29, 1.82) is 0 Å². The topological polar surface area (TPSA) is 66.5 Å². The van der Waals surface area contributed by atoms with Crippen LogP contribution in [-0.4, -0.2) is 50.1 Å². The molecule has 1 saturated heterocycles. The van der Waals surface area contributed by atoms with Gasteiger partial charge in [-0.1, -0.05) is 30.3 Å². The van der Waals surface area contributed by atoms with Crippen molar-refractivity contribution >= 4 is 33.2 Å². The zero-order valence-electron chi connectivity index (χ0n) is 15.3. The van der Waals surface area contributed by atoms with Gasteiger partial charge in [0.15, 0.2) is 9.84 Å². The van der Waals surface area contributed by atoms with Gasteiger partial charge in [-0.05, 0) is 29.3 Å². The number of nitrogens with zero attached hydrogens (tertiary/aromatic N) is 1. The van der Waals surface area contributed by atoms with E-state index in [4.69, 9.17) is 0 Å². The minimum atomic E-state index is -3.14. The van der Waals surface area contributed by atoms with Gasteiger partial charge in [0.2, 0.25) is 0 Å². The Bertz CT molecular complexity index is 907. The standard InChI is InChI=1S/C20H24N2O3S2/c1-27(24,25)15-16-5-4-7-17(13-16)20(23)21-19-8-3-2-6-18(19)14-22-9-11-26-12-10-22/h2-8,13H,9-12,14-15H2,1H3,(H,21,23). The van der Waals surface area contributed by atoms with Crippen LogP contribution in [0.2, 0.25) is 0 Å². The largest absolute Gasteiger partial charge is 0.322 e. The molecule has 0 atom stereocenters. The summed E-state index contributed by atoms with van der Waals surface area (Å²) < 4.78 is 23.0. The van der Waals surface area contributed by atoms with Crippen molar-refractivity contribution in [2.45, 2.75) is 12.3 Å². The molecule has 1 heterocycles. The summed E-state index contributed by atoms with van der Waals surface area (Å²) in [5.41, 5.74) is 2.96. The maximum atomic E-state index is 12.7. The molecule has 1 aliphatic heterocycles. The number of anilines is 1. The molecular weight excluding hydrogens is 380 g/mol. The number of hydrogen-bond donors (Lipinski definition) is 1. The van der Waals surface area contributed by atoms with Gasteiger partial charge in [-0.3, -0.25) is 9.69 Å². The van der Waals surface area contributed by atoms with Crippen LogP contribution in [0.3, 0.4) is 0 Å². The third-order valence-corrected chi connectivity index (χ3v) is 6.18. The fourth-order valence-corrected chi connectivity index (χ4v) is 4.84. The van der Waals surface area contributed by atoms with Gasteiger partial charge in [0.25, 0.3) is 5.91 Å².